The van der Waals surface area contributed by atoms with E-state index in [4.69, 9.17) is 83.2 Å². The van der Waals surface area contributed by atoms with E-state index < -0.39 is 8.60 Å². The predicted molar refractivity (Wildman–Crippen MR) is 211 cm³/mol. The molecule has 46 heavy (non-hydrogen) atoms. The quantitative estimate of drug-likeness (QED) is 0.0352. The molecule has 0 aromatic carbocycles. The second kappa shape index (κ2) is 39.8. The van der Waals surface area contributed by atoms with Gasteiger partial charge in [-0.1, -0.05) is 135 Å². The topological polar surface area (TPSA) is 27.7 Å². The third kappa shape index (κ3) is 37.3. The molecule has 3 nitrogen and oxygen atoms in total. The van der Waals surface area contributed by atoms with Gasteiger partial charge in [-0.3, -0.25) is 0 Å². The van der Waals surface area contributed by atoms with Gasteiger partial charge in [0.1, 0.15) is 0 Å². The molecule has 0 radical (unpaired) electrons. The molecule has 0 aliphatic carbocycles. The van der Waals surface area contributed by atoms with E-state index >= 15 is 0 Å². The highest BCUT2D eigenvalue weighted by Crippen LogP contribution is 2.41. The molecule has 0 rings (SSSR count). The normalized spacial score (nSPS) is 14.5. The Morgan fingerprint density at radius 2 is 0.500 bits per heavy atom. The Labute approximate surface area is 316 Å². The second-order valence-corrected chi connectivity index (χ2v) is 17.0. The first-order chi connectivity index (χ1) is 22.5. The molecule has 0 N–H and O–H groups in total. The zero-order chi connectivity index (χ0) is 33.8. The highest BCUT2D eigenvalue weighted by atomic mass is 35.5. The van der Waals surface area contributed by atoms with Gasteiger partial charge in [0.25, 0.3) is 0 Å². The van der Waals surface area contributed by atoms with E-state index in [9.17, 15) is 0 Å². The minimum Gasteiger partial charge on any atom is -0.311 e. The van der Waals surface area contributed by atoms with Crippen molar-refractivity contribution in [2.75, 3.05) is 37.5 Å². The van der Waals surface area contributed by atoms with Crippen molar-refractivity contribution in [3.63, 3.8) is 0 Å². The van der Waals surface area contributed by atoms with Crippen molar-refractivity contribution in [1.82, 2.24) is 0 Å². The van der Waals surface area contributed by atoms with E-state index in [0.29, 0.717) is 19.8 Å². The number of hydrogen-bond acceptors (Lipinski definition) is 3. The Balaban J connectivity index is 4.31. The van der Waals surface area contributed by atoms with Crippen molar-refractivity contribution in [2.45, 2.75) is 189 Å². The third-order valence-corrected chi connectivity index (χ3v) is 11.2. The summed E-state index contributed by atoms with van der Waals surface area (Å²) in [5.41, 5.74) is 0. The summed E-state index contributed by atoms with van der Waals surface area (Å²) in [5.74, 6) is 2.34. The molecular formula is C36H69Cl6O3P. The Morgan fingerprint density at radius 3 is 0.717 bits per heavy atom. The summed E-state index contributed by atoms with van der Waals surface area (Å²) in [5, 5.41) is -0.154. The summed E-state index contributed by atoms with van der Waals surface area (Å²) in [7, 11) is -1.54. The molecule has 0 heterocycles. The van der Waals surface area contributed by atoms with Gasteiger partial charge in [-0.25, -0.2) is 0 Å². The standard InChI is InChI=1S/C36H69Cl6O3P/c37-28-22-16-10-4-1-7-13-19-25-34(40)31-43-46(44-32-35(41)26-20-14-8-2-5-11-17-23-29-38)45-33-36(42)27-21-15-9-3-6-12-18-24-30-39/h34-36H,1-33H2. The van der Waals surface area contributed by atoms with Crippen molar-refractivity contribution in [2.24, 2.45) is 0 Å². The van der Waals surface area contributed by atoms with Crippen LogP contribution in [0.2, 0.25) is 0 Å². The lowest BCUT2D eigenvalue weighted by Gasteiger charge is -2.21. The molecule has 0 spiro atoms. The highest BCUT2D eigenvalue weighted by molar-refractivity contribution is 7.41. The minimum atomic E-state index is -1.54. The molecule has 0 aromatic heterocycles. The van der Waals surface area contributed by atoms with E-state index in [1.807, 2.05) is 0 Å². The minimum absolute atomic E-state index is 0.0515. The first-order valence-electron chi connectivity index (χ1n) is 18.8. The molecule has 0 aliphatic heterocycles. The third-order valence-electron chi connectivity index (χ3n) is 8.29. The Kier molecular flexibility index (Phi) is 41.6. The van der Waals surface area contributed by atoms with E-state index in [-0.39, 0.29) is 16.1 Å². The van der Waals surface area contributed by atoms with Gasteiger partial charge < -0.3 is 13.6 Å². The molecule has 10 heteroatoms. The first kappa shape index (κ1) is 48.0. The highest BCUT2D eigenvalue weighted by Gasteiger charge is 2.20. The Bertz CT molecular complexity index is 508. The smallest absolute Gasteiger partial charge is 0.311 e. The maximum absolute atomic E-state index is 6.64. The van der Waals surface area contributed by atoms with Crippen LogP contribution < -0.4 is 0 Å². The van der Waals surface area contributed by atoms with E-state index in [0.717, 1.165) is 75.4 Å². The number of halogens is 6. The fourth-order valence-electron chi connectivity index (χ4n) is 5.35. The van der Waals surface area contributed by atoms with Crippen molar-refractivity contribution in [3.8, 4) is 0 Å². The maximum atomic E-state index is 6.64. The Morgan fingerprint density at radius 1 is 0.304 bits per heavy atom. The van der Waals surface area contributed by atoms with Gasteiger partial charge in [-0.05, 0) is 38.5 Å². The molecule has 0 fully saturated rings. The lowest BCUT2D eigenvalue weighted by molar-refractivity contribution is 0.156. The molecule has 0 amide bonds. The lowest BCUT2D eigenvalue weighted by atomic mass is 10.1. The van der Waals surface area contributed by atoms with Gasteiger partial charge >= 0.3 is 8.60 Å². The van der Waals surface area contributed by atoms with Crippen molar-refractivity contribution in [1.29, 1.82) is 0 Å². The largest absolute Gasteiger partial charge is 0.332 e. The second-order valence-electron chi connectivity index (χ2n) is 12.8. The van der Waals surface area contributed by atoms with Crippen molar-refractivity contribution < 1.29 is 13.6 Å². The fourth-order valence-corrected chi connectivity index (χ4v) is 7.96. The van der Waals surface area contributed by atoms with Crippen LogP contribution in [0.1, 0.15) is 173 Å². The summed E-state index contributed by atoms with van der Waals surface area (Å²) in [4.78, 5) is 0. The van der Waals surface area contributed by atoms with Crippen LogP contribution in [0.25, 0.3) is 0 Å². The SMILES string of the molecule is ClCCCCCCCCCCC(Cl)COP(OCC(Cl)CCCCCCCCCCCl)OCC(Cl)CCCCCCCCCCCl. The molecule has 0 saturated carbocycles. The van der Waals surface area contributed by atoms with Gasteiger partial charge in [0.05, 0.1) is 36.0 Å². The average Bonchev–Trinajstić information content (AvgIpc) is 3.05. The summed E-state index contributed by atoms with van der Waals surface area (Å²) >= 11 is 37.2. The van der Waals surface area contributed by atoms with Crippen LogP contribution in [0.4, 0.5) is 0 Å². The molecule has 0 aromatic rings. The summed E-state index contributed by atoms with van der Waals surface area (Å²) in [6.07, 6.45) is 32.4. The first-order valence-corrected chi connectivity index (χ1v) is 22.8. The molecule has 0 bridgehead atoms. The molecular weight excluding hydrogens is 724 g/mol. The zero-order valence-electron chi connectivity index (χ0n) is 29.0. The predicted octanol–water partition coefficient (Wildman–Crippen LogP) is 15.3. The van der Waals surface area contributed by atoms with Crippen LogP contribution in [-0.4, -0.2) is 53.6 Å². The average molecular weight is 794 g/mol. The van der Waals surface area contributed by atoms with E-state index in [1.54, 1.807) is 0 Å². The number of hydrogen-bond donors (Lipinski definition) is 0. The number of rotatable bonds is 39. The van der Waals surface area contributed by atoms with Crippen LogP contribution in [0, 0.1) is 0 Å². The molecule has 3 atom stereocenters. The molecule has 0 saturated heterocycles. The summed E-state index contributed by atoms with van der Waals surface area (Å²) in [6, 6.07) is 0. The van der Waals surface area contributed by atoms with Crippen LogP contribution >= 0.6 is 78.2 Å². The number of unbranched alkanes of at least 4 members (excludes halogenated alkanes) is 21. The van der Waals surface area contributed by atoms with Crippen molar-refractivity contribution in [3.05, 3.63) is 0 Å². The monoisotopic (exact) mass is 790 g/mol. The number of alkyl halides is 6. The van der Waals surface area contributed by atoms with Crippen LogP contribution in [0.5, 0.6) is 0 Å². The summed E-state index contributed by atoms with van der Waals surface area (Å²) in [6.45, 7) is 1.25. The van der Waals surface area contributed by atoms with Gasteiger partial charge in [0.15, 0.2) is 0 Å². The van der Waals surface area contributed by atoms with Gasteiger partial charge in [-0.15, -0.1) is 69.6 Å². The maximum Gasteiger partial charge on any atom is 0.332 e. The molecule has 278 valence electrons. The van der Waals surface area contributed by atoms with E-state index in [1.165, 1.54) is 116 Å². The molecule has 3 unspecified atom stereocenters. The fraction of sp³-hybridized carbons (Fsp3) is 1.00. The van der Waals surface area contributed by atoms with Gasteiger partial charge in [-0.2, -0.15) is 0 Å². The van der Waals surface area contributed by atoms with E-state index in [2.05, 4.69) is 0 Å². The van der Waals surface area contributed by atoms with Crippen LogP contribution in [0.15, 0.2) is 0 Å². The molecule has 0 aliphatic rings. The van der Waals surface area contributed by atoms with Gasteiger partial charge in [0.2, 0.25) is 0 Å². The van der Waals surface area contributed by atoms with Crippen molar-refractivity contribution >= 4 is 78.2 Å². The summed E-state index contributed by atoms with van der Waals surface area (Å²) < 4.78 is 18.2. The van der Waals surface area contributed by atoms with Crippen LogP contribution in [0.3, 0.4) is 0 Å². The van der Waals surface area contributed by atoms with Gasteiger partial charge in [0, 0.05) is 17.6 Å². The Hall–Kier alpha value is 2.05. The lowest BCUT2D eigenvalue weighted by Crippen LogP contribution is -2.14. The van der Waals surface area contributed by atoms with Crippen LogP contribution in [-0.2, 0) is 13.6 Å². The zero-order valence-corrected chi connectivity index (χ0v) is 34.4.